The van der Waals surface area contributed by atoms with E-state index < -0.39 is 11.8 Å². The van der Waals surface area contributed by atoms with E-state index in [0.29, 0.717) is 30.2 Å². The van der Waals surface area contributed by atoms with Gasteiger partial charge in [-0.3, -0.25) is 0 Å². The number of hydrogen-bond acceptors (Lipinski definition) is 6. The van der Waals surface area contributed by atoms with Crippen molar-refractivity contribution in [3.63, 3.8) is 0 Å². The Hall–Kier alpha value is -3.06. The molecule has 0 heterocycles. The van der Waals surface area contributed by atoms with E-state index in [4.69, 9.17) is 18.9 Å². The minimum atomic E-state index is -0.521. The molecule has 0 amide bonds. The minimum absolute atomic E-state index is 0.143. The zero-order valence-corrected chi connectivity index (χ0v) is 16.2. The van der Waals surface area contributed by atoms with E-state index in [9.17, 15) is 9.18 Å². The Balaban J connectivity index is 2.14. The molecule has 1 N–H and O–H groups in total. The molecule has 0 aromatic heterocycles. The van der Waals surface area contributed by atoms with Gasteiger partial charge in [0.2, 0.25) is 0 Å². The molecule has 28 heavy (non-hydrogen) atoms. The number of ether oxygens (including phenoxy) is 4. The van der Waals surface area contributed by atoms with E-state index in [-0.39, 0.29) is 12.2 Å². The van der Waals surface area contributed by atoms with Crippen molar-refractivity contribution < 1.29 is 28.1 Å². The molecule has 0 aliphatic carbocycles. The van der Waals surface area contributed by atoms with Gasteiger partial charge >= 0.3 is 5.97 Å². The van der Waals surface area contributed by atoms with Crippen LogP contribution in [0.15, 0.2) is 48.7 Å². The molecule has 150 valence electrons. The Morgan fingerprint density at radius 2 is 1.93 bits per heavy atom. The summed E-state index contributed by atoms with van der Waals surface area (Å²) in [6.07, 6.45) is 1.32. The van der Waals surface area contributed by atoms with Gasteiger partial charge in [-0.25, -0.2) is 9.18 Å². The summed E-state index contributed by atoms with van der Waals surface area (Å²) in [5.41, 5.74) is 2.00. The molecule has 0 saturated heterocycles. The van der Waals surface area contributed by atoms with Gasteiger partial charge in [0.15, 0.2) is 0 Å². The second-order valence-corrected chi connectivity index (χ2v) is 5.77. The molecule has 6 nitrogen and oxygen atoms in total. The van der Waals surface area contributed by atoms with Gasteiger partial charge in [0.05, 0.1) is 32.8 Å². The van der Waals surface area contributed by atoms with Crippen molar-refractivity contribution in [1.82, 2.24) is 0 Å². The highest BCUT2D eigenvalue weighted by molar-refractivity contribution is 6.16. The molecule has 2 aromatic rings. The lowest BCUT2D eigenvalue weighted by Crippen LogP contribution is -2.09. The molecule has 0 aliphatic rings. The topological polar surface area (TPSA) is 66.0 Å². The summed E-state index contributed by atoms with van der Waals surface area (Å²) in [6.45, 7) is 1.12. The van der Waals surface area contributed by atoms with E-state index >= 15 is 0 Å². The average molecular weight is 389 g/mol. The number of halogens is 1. The smallest absolute Gasteiger partial charge is 0.341 e. The highest BCUT2D eigenvalue weighted by atomic mass is 19.1. The summed E-state index contributed by atoms with van der Waals surface area (Å²) in [6, 6.07) is 11.8. The lowest BCUT2D eigenvalue weighted by Gasteiger charge is -2.13. The summed E-state index contributed by atoms with van der Waals surface area (Å²) in [4.78, 5) is 12.0. The van der Waals surface area contributed by atoms with Gasteiger partial charge < -0.3 is 24.3 Å². The number of anilines is 1. The number of esters is 1. The van der Waals surface area contributed by atoms with E-state index in [1.807, 2.05) is 12.1 Å². The SMILES string of the molecule is COC=C(C(=O)OC)c1ccccc1COc1ccc(NCCOC)c(F)c1. The molecular weight excluding hydrogens is 365 g/mol. The predicted molar refractivity (Wildman–Crippen MR) is 105 cm³/mol. The van der Waals surface area contributed by atoms with Crippen LogP contribution in [0.5, 0.6) is 5.75 Å². The average Bonchev–Trinajstić information content (AvgIpc) is 2.72. The fourth-order valence-electron chi connectivity index (χ4n) is 2.54. The van der Waals surface area contributed by atoms with Crippen LogP contribution in [0.3, 0.4) is 0 Å². The lowest BCUT2D eigenvalue weighted by atomic mass is 10.0. The third-order valence-corrected chi connectivity index (χ3v) is 3.91. The Morgan fingerprint density at radius 3 is 2.61 bits per heavy atom. The van der Waals surface area contributed by atoms with E-state index in [1.165, 1.54) is 26.5 Å². The molecule has 0 spiro atoms. The van der Waals surface area contributed by atoms with Gasteiger partial charge in [-0.05, 0) is 23.3 Å². The van der Waals surface area contributed by atoms with Gasteiger partial charge in [0, 0.05) is 19.7 Å². The summed E-state index contributed by atoms with van der Waals surface area (Å²) in [7, 11) is 4.34. The maximum absolute atomic E-state index is 14.2. The summed E-state index contributed by atoms with van der Waals surface area (Å²) >= 11 is 0. The maximum Gasteiger partial charge on any atom is 0.341 e. The first-order chi connectivity index (χ1) is 13.6. The number of benzene rings is 2. The standard InChI is InChI=1S/C21H24FNO5/c1-25-11-10-23-20-9-8-16(12-19(20)22)28-13-15-6-4-5-7-17(15)18(14-26-2)21(24)27-3/h4-9,12,14,23H,10-11,13H2,1-3H3. The van der Waals surface area contributed by atoms with Crippen molar-refractivity contribution in [1.29, 1.82) is 0 Å². The van der Waals surface area contributed by atoms with Crippen molar-refractivity contribution in [3.05, 3.63) is 65.7 Å². The maximum atomic E-state index is 14.2. The first-order valence-electron chi connectivity index (χ1n) is 8.65. The van der Waals surface area contributed by atoms with Gasteiger partial charge in [-0.1, -0.05) is 24.3 Å². The molecule has 2 rings (SSSR count). The Bertz CT molecular complexity index is 822. The Morgan fingerprint density at radius 1 is 1.14 bits per heavy atom. The Kier molecular flexibility index (Phi) is 8.30. The van der Waals surface area contributed by atoms with E-state index in [2.05, 4.69) is 5.32 Å². The van der Waals surface area contributed by atoms with Crippen LogP contribution in [0, 0.1) is 5.82 Å². The number of rotatable bonds is 10. The molecule has 0 saturated carbocycles. The van der Waals surface area contributed by atoms with Crippen molar-refractivity contribution in [3.8, 4) is 5.75 Å². The lowest BCUT2D eigenvalue weighted by molar-refractivity contribution is -0.133. The third-order valence-electron chi connectivity index (χ3n) is 3.91. The van der Waals surface area contributed by atoms with Crippen LogP contribution < -0.4 is 10.1 Å². The molecule has 0 fully saturated rings. The molecule has 0 radical (unpaired) electrons. The summed E-state index contributed by atoms with van der Waals surface area (Å²) < 4.78 is 34.7. The second kappa shape index (κ2) is 10.9. The van der Waals surface area contributed by atoms with E-state index in [1.54, 1.807) is 31.4 Å². The largest absolute Gasteiger partial charge is 0.503 e. The quantitative estimate of drug-likeness (QED) is 0.290. The van der Waals surface area contributed by atoms with Crippen molar-refractivity contribution in [2.75, 3.05) is 39.8 Å². The Labute approximate surface area is 163 Å². The number of hydrogen-bond donors (Lipinski definition) is 1. The number of carbonyl (C=O) groups excluding carboxylic acids is 1. The molecule has 0 unspecified atom stereocenters. The highest BCUT2D eigenvalue weighted by Gasteiger charge is 2.17. The number of methoxy groups -OCH3 is 3. The van der Waals surface area contributed by atoms with Crippen LogP contribution in [-0.4, -0.2) is 40.5 Å². The van der Waals surface area contributed by atoms with Crippen LogP contribution in [0.1, 0.15) is 11.1 Å². The monoisotopic (exact) mass is 389 g/mol. The van der Waals surface area contributed by atoms with Crippen LogP contribution >= 0.6 is 0 Å². The first-order valence-corrected chi connectivity index (χ1v) is 8.65. The minimum Gasteiger partial charge on any atom is -0.503 e. The van der Waals surface area contributed by atoms with Crippen molar-refractivity contribution in [2.24, 2.45) is 0 Å². The normalized spacial score (nSPS) is 11.1. The number of nitrogens with one attached hydrogen (secondary N) is 1. The van der Waals surface area contributed by atoms with Crippen LogP contribution in [0.2, 0.25) is 0 Å². The fourth-order valence-corrected chi connectivity index (χ4v) is 2.54. The molecular formula is C21H24FNO5. The van der Waals surface area contributed by atoms with E-state index in [0.717, 1.165) is 5.56 Å². The predicted octanol–water partition coefficient (Wildman–Crippen LogP) is 3.62. The first kappa shape index (κ1) is 21.2. The van der Waals surface area contributed by atoms with Crippen LogP contribution in [-0.2, 0) is 25.6 Å². The van der Waals surface area contributed by atoms with Gasteiger partial charge in [-0.2, -0.15) is 0 Å². The molecule has 0 aliphatic heterocycles. The molecule has 0 atom stereocenters. The zero-order chi connectivity index (χ0) is 20.4. The van der Waals surface area contributed by atoms with Crippen molar-refractivity contribution >= 4 is 17.2 Å². The van der Waals surface area contributed by atoms with Crippen LogP contribution in [0.4, 0.5) is 10.1 Å². The third kappa shape index (κ3) is 5.72. The second-order valence-electron chi connectivity index (χ2n) is 5.77. The fraction of sp³-hybridized carbons (Fsp3) is 0.286. The van der Waals surface area contributed by atoms with Crippen LogP contribution in [0.25, 0.3) is 5.57 Å². The molecule has 7 heteroatoms. The highest BCUT2D eigenvalue weighted by Crippen LogP contribution is 2.24. The van der Waals surface area contributed by atoms with Gasteiger partial charge in [0.25, 0.3) is 0 Å². The molecule has 2 aromatic carbocycles. The molecule has 0 bridgehead atoms. The van der Waals surface area contributed by atoms with Crippen molar-refractivity contribution in [2.45, 2.75) is 6.61 Å². The summed E-state index contributed by atoms with van der Waals surface area (Å²) in [5.74, 6) is -0.566. The van der Waals surface area contributed by atoms with Gasteiger partial charge in [0.1, 0.15) is 23.7 Å². The zero-order valence-electron chi connectivity index (χ0n) is 16.2. The summed E-state index contributed by atoms with van der Waals surface area (Å²) in [5, 5.41) is 2.94. The number of carbonyl (C=O) groups is 1. The van der Waals surface area contributed by atoms with Gasteiger partial charge in [-0.15, -0.1) is 0 Å².